The van der Waals surface area contributed by atoms with Crippen LogP contribution in [0, 0.1) is 5.82 Å². The highest BCUT2D eigenvalue weighted by Gasteiger charge is 2.29. The predicted octanol–water partition coefficient (Wildman–Crippen LogP) is 4.37. The van der Waals surface area contributed by atoms with E-state index in [4.69, 9.17) is 4.74 Å². The molecule has 0 aliphatic carbocycles. The first-order valence-corrected chi connectivity index (χ1v) is 7.36. The third-order valence-electron chi connectivity index (χ3n) is 3.67. The maximum Gasteiger partial charge on any atom is 0.130 e. The van der Waals surface area contributed by atoms with Gasteiger partial charge in [0.15, 0.2) is 0 Å². The van der Waals surface area contributed by atoms with Crippen molar-refractivity contribution in [3.05, 3.63) is 63.9 Å². The number of ether oxygens (including phenoxy) is 1. The van der Waals surface area contributed by atoms with E-state index in [9.17, 15) is 4.39 Å². The van der Waals surface area contributed by atoms with Crippen LogP contribution in [-0.2, 0) is 0 Å². The molecule has 0 radical (unpaired) electrons. The molecule has 1 N–H and O–H groups in total. The van der Waals surface area contributed by atoms with E-state index in [0.29, 0.717) is 12.0 Å². The summed E-state index contributed by atoms with van der Waals surface area (Å²) < 4.78 is 20.9. The molecule has 0 bridgehead atoms. The molecular weight excluding hydrogens is 321 g/mol. The zero-order valence-corrected chi connectivity index (χ0v) is 12.7. The summed E-state index contributed by atoms with van der Waals surface area (Å²) in [5.74, 6) is 0.587. The SMILES string of the molecule is CNC1CC(c2ccccc2F)Oc2cc(Br)ccc21. The van der Waals surface area contributed by atoms with Gasteiger partial charge in [-0.15, -0.1) is 0 Å². The Labute approximate surface area is 126 Å². The largest absolute Gasteiger partial charge is 0.485 e. The number of nitrogens with one attached hydrogen (secondary N) is 1. The molecule has 1 heterocycles. The summed E-state index contributed by atoms with van der Waals surface area (Å²) in [6.45, 7) is 0. The molecule has 2 aromatic carbocycles. The molecular formula is C16H15BrFNO. The fourth-order valence-electron chi connectivity index (χ4n) is 2.64. The van der Waals surface area contributed by atoms with Crippen LogP contribution in [0.3, 0.4) is 0 Å². The highest BCUT2D eigenvalue weighted by molar-refractivity contribution is 9.10. The van der Waals surface area contributed by atoms with E-state index < -0.39 is 0 Å². The molecule has 0 spiro atoms. The van der Waals surface area contributed by atoms with Gasteiger partial charge in [-0.1, -0.05) is 40.2 Å². The van der Waals surface area contributed by atoms with Gasteiger partial charge in [0.05, 0.1) is 0 Å². The Morgan fingerprint density at radius 1 is 1.20 bits per heavy atom. The summed E-state index contributed by atoms with van der Waals surface area (Å²) in [4.78, 5) is 0. The lowest BCUT2D eigenvalue weighted by atomic mass is 9.93. The minimum absolute atomic E-state index is 0.163. The molecule has 3 rings (SSSR count). The van der Waals surface area contributed by atoms with Crippen molar-refractivity contribution in [3.8, 4) is 5.75 Å². The topological polar surface area (TPSA) is 21.3 Å². The summed E-state index contributed by atoms with van der Waals surface area (Å²) in [5.41, 5.74) is 1.72. The van der Waals surface area contributed by atoms with Crippen molar-refractivity contribution >= 4 is 15.9 Å². The fraction of sp³-hybridized carbons (Fsp3) is 0.250. The van der Waals surface area contributed by atoms with Crippen LogP contribution in [0.4, 0.5) is 4.39 Å². The Hall–Kier alpha value is -1.39. The van der Waals surface area contributed by atoms with E-state index in [1.807, 2.05) is 31.3 Å². The third-order valence-corrected chi connectivity index (χ3v) is 4.16. The lowest BCUT2D eigenvalue weighted by molar-refractivity contribution is 0.150. The summed E-state index contributed by atoms with van der Waals surface area (Å²) in [6.07, 6.45) is 0.446. The zero-order chi connectivity index (χ0) is 14.1. The Kier molecular flexibility index (Phi) is 3.76. The number of hydrogen-bond acceptors (Lipinski definition) is 2. The van der Waals surface area contributed by atoms with Gasteiger partial charge in [-0.2, -0.15) is 0 Å². The second-order valence-electron chi connectivity index (χ2n) is 4.89. The molecule has 2 nitrogen and oxygen atoms in total. The van der Waals surface area contributed by atoms with Crippen molar-refractivity contribution < 1.29 is 9.13 Å². The van der Waals surface area contributed by atoms with Gasteiger partial charge in [-0.05, 0) is 25.2 Å². The highest BCUT2D eigenvalue weighted by Crippen LogP contribution is 2.42. The van der Waals surface area contributed by atoms with Crippen molar-refractivity contribution in [2.45, 2.75) is 18.6 Å². The second kappa shape index (κ2) is 5.54. The van der Waals surface area contributed by atoms with Gasteiger partial charge in [0.1, 0.15) is 17.7 Å². The summed E-state index contributed by atoms with van der Waals surface area (Å²) in [6, 6.07) is 12.9. The molecule has 2 aromatic rings. The third kappa shape index (κ3) is 2.45. The number of hydrogen-bond donors (Lipinski definition) is 1. The van der Waals surface area contributed by atoms with Gasteiger partial charge < -0.3 is 10.1 Å². The van der Waals surface area contributed by atoms with Crippen molar-refractivity contribution in [2.75, 3.05) is 7.05 Å². The minimum atomic E-state index is -0.268. The first-order chi connectivity index (χ1) is 9.69. The Bertz CT molecular complexity index is 632. The quantitative estimate of drug-likeness (QED) is 0.879. The van der Waals surface area contributed by atoms with Crippen LogP contribution in [0.2, 0.25) is 0 Å². The first-order valence-electron chi connectivity index (χ1n) is 6.57. The Morgan fingerprint density at radius 2 is 2.00 bits per heavy atom. The molecule has 2 unspecified atom stereocenters. The van der Waals surface area contributed by atoms with Gasteiger partial charge in [-0.25, -0.2) is 4.39 Å². The lowest BCUT2D eigenvalue weighted by Crippen LogP contribution is -2.27. The standard InChI is InChI=1S/C16H15BrFNO/c1-19-14-9-16(11-4-2-3-5-13(11)18)20-15-8-10(17)6-7-12(14)15/h2-8,14,16,19H,9H2,1H3. The van der Waals surface area contributed by atoms with Gasteiger partial charge in [-0.3, -0.25) is 0 Å². The average molecular weight is 336 g/mol. The normalized spacial score (nSPS) is 21.1. The molecule has 0 saturated carbocycles. The van der Waals surface area contributed by atoms with E-state index >= 15 is 0 Å². The van der Waals surface area contributed by atoms with E-state index in [-0.39, 0.29) is 18.0 Å². The Balaban J connectivity index is 2.00. The van der Waals surface area contributed by atoms with Crippen LogP contribution in [0.25, 0.3) is 0 Å². The highest BCUT2D eigenvalue weighted by atomic mass is 79.9. The summed E-state index contributed by atoms with van der Waals surface area (Å²) >= 11 is 3.45. The lowest BCUT2D eigenvalue weighted by Gasteiger charge is -2.32. The maximum atomic E-state index is 14.0. The monoisotopic (exact) mass is 335 g/mol. The molecule has 104 valence electrons. The van der Waals surface area contributed by atoms with Crippen molar-refractivity contribution in [2.24, 2.45) is 0 Å². The second-order valence-corrected chi connectivity index (χ2v) is 5.80. The van der Waals surface area contributed by atoms with Crippen LogP contribution in [-0.4, -0.2) is 7.05 Å². The van der Waals surface area contributed by atoms with Gasteiger partial charge in [0.25, 0.3) is 0 Å². The predicted molar refractivity (Wildman–Crippen MR) is 80.3 cm³/mol. The van der Waals surface area contributed by atoms with Crippen LogP contribution >= 0.6 is 15.9 Å². The van der Waals surface area contributed by atoms with E-state index in [0.717, 1.165) is 15.8 Å². The van der Waals surface area contributed by atoms with E-state index in [2.05, 4.69) is 21.2 Å². The van der Waals surface area contributed by atoms with Gasteiger partial charge in [0, 0.05) is 28.1 Å². The Morgan fingerprint density at radius 3 is 2.75 bits per heavy atom. The minimum Gasteiger partial charge on any atom is -0.485 e. The molecule has 20 heavy (non-hydrogen) atoms. The molecule has 0 saturated heterocycles. The zero-order valence-electron chi connectivity index (χ0n) is 11.1. The molecule has 4 heteroatoms. The summed E-state index contributed by atoms with van der Waals surface area (Å²) in [5, 5.41) is 3.28. The maximum absolute atomic E-state index is 14.0. The van der Waals surface area contributed by atoms with E-state index in [1.54, 1.807) is 12.1 Å². The molecule has 1 aliphatic heterocycles. The number of fused-ring (bicyclic) bond motifs is 1. The van der Waals surface area contributed by atoms with Crippen molar-refractivity contribution in [3.63, 3.8) is 0 Å². The van der Waals surface area contributed by atoms with Gasteiger partial charge in [0.2, 0.25) is 0 Å². The first kappa shape index (κ1) is 13.6. The smallest absolute Gasteiger partial charge is 0.130 e. The summed E-state index contributed by atoms with van der Waals surface area (Å²) in [7, 11) is 1.92. The molecule has 0 amide bonds. The van der Waals surface area contributed by atoms with Crippen molar-refractivity contribution in [1.29, 1.82) is 0 Å². The van der Waals surface area contributed by atoms with Gasteiger partial charge >= 0.3 is 0 Å². The number of halogens is 2. The molecule has 0 aromatic heterocycles. The van der Waals surface area contributed by atoms with Crippen LogP contribution in [0.1, 0.15) is 29.7 Å². The number of benzene rings is 2. The van der Waals surface area contributed by atoms with Crippen LogP contribution in [0.5, 0.6) is 5.75 Å². The molecule has 1 aliphatic rings. The van der Waals surface area contributed by atoms with E-state index in [1.165, 1.54) is 6.07 Å². The van der Waals surface area contributed by atoms with Crippen LogP contribution < -0.4 is 10.1 Å². The molecule has 2 atom stereocenters. The number of rotatable bonds is 2. The fourth-order valence-corrected chi connectivity index (χ4v) is 2.98. The van der Waals surface area contributed by atoms with Crippen LogP contribution in [0.15, 0.2) is 46.9 Å². The average Bonchev–Trinajstić information content (AvgIpc) is 2.46. The van der Waals surface area contributed by atoms with Crippen molar-refractivity contribution in [1.82, 2.24) is 5.32 Å². The molecule has 0 fully saturated rings.